The third-order valence-corrected chi connectivity index (χ3v) is 7.78. The molecular formula is C35H24BrN3O4. The van der Waals surface area contributed by atoms with Crippen molar-refractivity contribution >= 4 is 54.8 Å². The third kappa shape index (κ3) is 5.06. The fourth-order valence-corrected chi connectivity index (χ4v) is 5.37. The Morgan fingerprint density at radius 3 is 2.49 bits per heavy atom. The van der Waals surface area contributed by atoms with E-state index in [1.54, 1.807) is 25.5 Å². The second-order valence-electron chi connectivity index (χ2n) is 9.91. The minimum Gasteiger partial charge on any atom is -0.496 e. The minimum absolute atomic E-state index is 0.274. The van der Waals surface area contributed by atoms with Crippen molar-refractivity contribution in [2.45, 2.75) is 6.61 Å². The lowest BCUT2D eigenvalue weighted by Crippen LogP contribution is -2.20. The van der Waals surface area contributed by atoms with Crippen LogP contribution in [0.15, 0.2) is 128 Å². The standard InChI is InChI=1S/C35H24BrN3O4/c1-41-30-11-6-12-32-27(30)19-33(43-32)34-38-29-10-5-4-9-26(29)35(40)39(34)37-20-28-25-8-3-2-7-23(25)15-18-31(28)42-21-22-13-16-24(36)17-14-22/h2-20H,21H2,1H3. The number of furan rings is 1. The molecule has 210 valence electrons. The van der Waals surface area contributed by atoms with Crippen LogP contribution in [-0.2, 0) is 6.61 Å². The van der Waals surface area contributed by atoms with Crippen LogP contribution in [0.2, 0.25) is 0 Å². The molecule has 7 rings (SSSR count). The van der Waals surface area contributed by atoms with Gasteiger partial charge in [0.25, 0.3) is 5.56 Å². The Kier molecular flexibility index (Phi) is 6.96. The second-order valence-corrected chi connectivity index (χ2v) is 10.8. The van der Waals surface area contributed by atoms with E-state index in [0.29, 0.717) is 40.4 Å². The Balaban J connectivity index is 1.38. The lowest BCUT2D eigenvalue weighted by Gasteiger charge is -2.13. The van der Waals surface area contributed by atoms with E-state index in [1.165, 1.54) is 4.68 Å². The average Bonchev–Trinajstić information content (AvgIpc) is 3.49. The molecule has 0 fully saturated rings. The molecule has 0 aliphatic heterocycles. The van der Waals surface area contributed by atoms with Crippen molar-refractivity contribution < 1.29 is 13.9 Å². The first-order valence-electron chi connectivity index (χ1n) is 13.6. The van der Waals surface area contributed by atoms with Gasteiger partial charge in [-0.1, -0.05) is 76.6 Å². The van der Waals surface area contributed by atoms with Gasteiger partial charge in [0, 0.05) is 10.0 Å². The van der Waals surface area contributed by atoms with E-state index in [2.05, 4.69) is 15.9 Å². The molecule has 2 aromatic heterocycles. The molecule has 0 saturated heterocycles. The number of benzene rings is 5. The molecule has 0 spiro atoms. The van der Waals surface area contributed by atoms with Crippen LogP contribution < -0.4 is 15.0 Å². The lowest BCUT2D eigenvalue weighted by atomic mass is 10.0. The monoisotopic (exact) mass is 629 g/mol. The maximum atomic E-state index is 13.9. The molecule has 7 aromatic rings. The molecule has 0 atom stereocenters. The minimum atomic E-state index is -0.318. The number of nitrogens with zero attached hydrogens (tertiary/aromatic N) is 3. The van der Waals surface area contributed by atoms with Gasteiger partial charge in [-0.25, -0.2) is 4.98 Å². The van der Waals surface area contributed by atoms with E-state index in [-0.39, 0.29) is 11.4 Å². The molecule has 0 aliphatic carbocycles. The predicted octanol–water partition coefficient (Wildman–Crippen LogP) is 8.20. The number of methoxy groups -OCH3 is 1. The van der Waals surface area contributed by atoms with Crippen LogP contribution in [0.3, 0.4) is 0 Å². The van der Waals surface area contributed by atoms with Crippen LogP contribution in [0, 0.1) is 0 Å². The molecule has 43 heavy (non-hydrogen) atoms. The van der Waals surface area contributed by atoms with Crippen molar-refractivity contribution in [1.29, 1.82) is 0 Å². The maximum absolute atomic E-state index is 13.9. The first-order chi connectivity index (χ1) is 21.1. The van der Waals surface area contributed by atoms with Gasteiger partial charge in [0.05, 0.1) is 29.6 Å². The molecule has 2 heterocycles. The van der Waals surface area contributed by atoms with E-state index in [4.69, 9.17) is 24.0 Å². The third-order valence-electron chi connectivity index (χ3n) is 7.26. The Bertz CT molecular complexity index is 2220. The molecule has 5 aromatic carbocycles. The van der Waals surface area contributed by atoms with Crippen LogP contribution >= 0.6 is 15.9 Å². The molecule has 0 bridgehead atoms. The van der Waals surface area contributed by atoms with E-state index in [0.717, 1.165) is 31.8 Å². The molecule has 0 saturated carbocycles. The smallest absolute Gasteiger partial charge is 0.282 e. The summed E-state index contributed by atoms with van der Waals surface area (Å²) in [5, 5.41) is 7.91. The van der Waals surface area contributed by atoms with Gasteiger partial charge >= 0.3 is 0 Å². The summed E-state index contributed by atoms with van der Waals surface area (Å²) < 4.78 is 20.3. The highest BCUT2D eigenvalue weighted by Gasteiger charge is 2.18. The number of rotatable bonds is 7. The largest absolute Gasteiger partial charge is 0.496 e. The summed E-state index contributed by atoms with van der Waals surface area (Å²) in [6.45, 7) is 0.371. The van der Waals surface area contributed by atoms with E-state index >= 15 is 0 Å². The Labute approximate surface area is 254 Å². The molecule has 8 heteroatoms. The van der Waals surface area contributed by atoms with Crippen LogP contribution in [0.4, 0.5) is 0 Å². The summed E-state index contributed by atoms with van der Waals surface area (Å²) in [5.74, 6) is 1.97. The van der Waals surface area contributed by atoms with E-state index in [9.17, 15) is 4.79 Å². The number of ether oxygens (including phenoxy) is 2. The summed E-state index contributed by atoms with van der Waals surface area (Å²) in [6, 6.07) is 34.5. The van der Waals surface area contributed by atoms with Gasteiger partial charge in [-0.2, -0.15) is 9.78 Å². The van der Waals surface area contributed by atoms with Gasteiger partial charge < -0.3 is 13.9 Å². The van der Waals surface area contributed by atoms with E-state index in [1.807, 2.05) is 97.1 Å². The highest BCUT2D eigenvalue weighted by atomic mass is 79.9. The quantitative estimate of drug-likeness (QED) is 0.166. The van der Waals surface area contributed by atoms with Crippen molar-refractivity contribution in [2.24, 2.45) is 5.10 Å². The molecule has 0 aliphatic rings. The zero-order valence-electron chi connectivity index (χ0n) is 23.0. The lowest BCUT2D eigenvalue weighted by molar-refractivity contribution is 0.306. The fraction of sp³-hybridized carbons (Fsp3) is 0.0571. The second kappa shape index (κ2) is 11.2. The highest BCUT2D eigenvalue weighted by molar-refractivity contribution is 9.10. The Morgan fingerprint density at radius 1 is 0.860 bits per heavy atom. The van der Waals surface area contributed by atoms with Crippen LogP contribution in [0.5, 0.6) is 11.5 Å². The molecule has 0 N–H and O–H groups in total. The zero-order chi connectivity index (χ0) is 29.3. The van der Waals surface area contributed by atoms with E-state index < -0.39 is 0 Å². The predicted molar refractivity (Wildman–Crippen MR) is 173 cm³/mol. The number of hydrogen-bond acceptors (Lipinski definition) is 6. The summed E-state index contributed by atoms with van der Waals surface area (Å²) in [6.07, 6.45) is 1.66. The number of halogens is 1. The van der Waals surface area contributed by atoms with Crippen LogP contribution in [0.1, 0.15) is 11.1 Å². The van der Waals surface area contributed by atoms with Gasteiger partial charge in [-0.15, -0.1) is 0 Å². The van der Waals surface area contributed by atoms with Gasteiger partial charge in [0.1, 0.15) is 23.7 Å². The molecule has 0 radical (unpaired) electrons. The number of fused-ring (bicyclic) bond motifs is 3. The Morgan fingerprint density at radius 2 is 1.65 bits per heavy atom. The summed E-state index contributed by atoms with van der Waals surface area (Å²) in [5.41, 5.74) is 2.61. The molecule has 0 unspecified atom stereocenters. The molecule has 0 amide bonds. The van der Waals surface area contributed by atoms with Gasteiger partial charge in [0.2, 0.25) is 5.82 Å². The SMILES string of the molecule is COc1cccc2oc(-c3nc4ccccc4c(=O)n3N=Cc3c(OCc4ccc(Br)cc4)ccc4ccccc34)cc12. The number of para-hydroxylation sites is 1. The van der Waals surface area contributed by atoms with Crippen molar-refractivity contribution in [3.8, 4) is 23.1 Å². The van der Waals surface area contributed by atoms with Gasteiger partial charge in [0.15, 0.2) is 5.76 Å². The summed E-state index contributed by atoms with van der Waals surface area (Å²) >= 11 is 3.48. The summed E-state index contributed by atoms with van der Waals surface area (Å²) in [7, 11) is 1.61. The first kappa shape index (κ1) is 26.7. The summed E-state index contributed by atoms with van der Waals surface area (Å²) in [4.78, 5) is 18.7. The van der Waals surface area contributed by atoms with Gasteiger partial charge in [-0.3, -0.25) is 4.79 Å². The number of aromatic nitrogens is 2. The van der Waals surface area contributed by atoms with Crippen molar-refractivity contribution in [3.63, 3.8) is 0 Å². The fourth-order valence-electron chi connectivity index (χ4n) is 5.10. The van der Waals surface area contributed by atoms with Crippen molar-refractivity contribution in [1.82, 2.24) is 9.66 Å². The van der Waals surface area contributed by atoms with Crippen molar-refractivity contribution in [3.05, 3.63) is 135 Å². The highest BCUT2D eigenvalue weighted by Crippen LogP contribution is 2.33. The van der Waals surface area contributed by atoms with Crippen molar-refractivity contribution in [2.75, 3.05) is 7.11 Å². The van der Waals surface area contributed by atoms with Crippen LogP contribution in [0.25, 0.3) is 44.2 Å². The molecular weight excluding hydrogens is 606 g/mol. The normalized spacial score (nSPS) is 11.6. The first-order valence-corrected chi connectivity index (χ1v) is 14.4. The average molecular weight is 630 g/mol. The van der Waals surface area contributed by atoms with Gasteiger partial charge in [-0.05, 0) is 64.9 Å². The topological polar surface area (TPSA) is 78.9 Å². The maximum Gasteiger partial charge on any atom is 0.282 e. The number of hydrogen-bond donors (Lipinski definition) is 0. The zero-order valence-corrected chi connectivity index (χ0v) is 24.6. The van der Waals surface area contributed by atoms with Crippen LogP contribution in [-0.4, -0.2) is 23.0 Å². The Hall–Kier alpha value is -5.21. The molecule has 7 nitrogen and oxygen atoms in total.